The second-order valence-corrected chi connectivity index (χ2v) is 4.38. The molecule has 2 N–H and O–H groups in total. The number of rotatable bonds is 4. The van der Waals surface area contributed by atoms with Crippen LogP contribution >= 0.6 is 0 Å². The molecule has 0 fully saturated rings. The molecule has 2 aromatic rings. The van der Waals surface area contributed by atoms with Gasteiger partial charge in [-0.3, -0.25) is 14.6 Å². The average molecular weight is 247 g/mol. The molecule has 0 radical (unpaired) electrons. The molecule has 0 aliphatic heterocycles. The van der Waals surface area contributed by atoms with Crippen LogP contribution in [0.1, 0.15) is 23.4 Å². The number of carbonyl (C=O) groups is 1. The van der Waals surface area contributed by atoms with Crippen molar-refractivity contribution >= 4 is 11.7 Å². The van der Waals surface area contributed by atoms with Crippen LogP contribution in [0.3, 0.4) is 0 Å². The Labute approximate surface area is 105 Å². The molecule has 2 heterocycles. The number of hydrogen-bond donors (Lipinski definition) is 2. The Morgan fingerprint density at radius 1 is 1.44 bits per heavy atom. The molecule has 0 spiro atoms. The fraction of sp³-hybridized carbons (Fsp3) is 0.417. The molecule has 0 saturated carbocycles. The van der Waals surface area contributed by atoms with Crippen molar-refractivity contribution in [3.8, 4) is 0 Å². The highest BCUT2D eigenvalue weighted by Gasteiger charge is 2.08. The Balaban J connectivity index is 1.89. The van der Waals surface area contributed by atoms with E-state index in [1.807, 2.05) is 31.5 Å². The summed E-state index contributed by atoms with van der Waals surface area (Å²) in [6, 6.07) is 2.00. The van der Waals surface area contributed by atoms with Crippen molar-refractivity contribution in [2.75, 3.05) is 5.32 Å². The first kappa shape index (κ1) is 12.3. The van der Waals surface area contributed by atoms with E-state index in [4.69, 9.17) is 0 Å². The lowest BCUT2D eigenvalue weighted by Gasteiger charge is -2.05. The van der Waals surface area contributed by atoms with Crippen LogP contribution in [0, 0.1) is 20.8 Å². The summed E-state index contributed by atoms with van der Waals surface area (Å²) in [4.78, 5) is 11.8. The summed E-state index contributed by atoms with van der Waals surface area (Å²) in [7, 11) is 0. The molecule has 0 saturated heterocycles. The Kier molecular flexibility index (Phi) is 3.45. The molecule has 18 heavy (non-hydrogen) atoms. The van der Waals surface area contributed by atoms with E-state index in [1.165, 1.54) is 0 Å². The van der Waals surface area contributed by atoms with Crippen molar-refractivity contribution in [2.45, 2.75) is 33.7 Å². The molecular formula is C12H17N5O. The number of aromatic amines is 1. The fourth-order valence-corrected chi connectivity index (χ4v) is 1.78. The zero-order chi connectivity index (χ0) is 13.1. The number of anilines is 1. The van der Waals surface area contributed by atoms with Gasteiger partial charge in [0.05, 0.1) is 11.9 Å². The van der Waals surface area contributed by atoms with E-state index in [9.17, 15) is 4.79 Å². The highest BCUT2D eigenvalue weighted by atomic mass is 16.1. The zero-order valence-electron chi connectivity index (χ0n) is 10.8. The maximum absolute atomic E-state index is 11.8. The molecule has 1 amide bonds. The second-order valence-electron chi connectivity index (χ2n) is 4.38. The lowest BCUT2D eigenvalue weighted by Crippen LogP contribution is -2.16. The number of hydrogen-bond acceptors (Lipinski definition) is 3. The van der Waals surface area contributed by atoms with Crippen LogP contribution in [0.5, 0.6) is 0 Å². The van der Waals surface area contributed by atoms with Gasteiger partial charge in [0.25, 0.3) is 0 Å². The molecule has 6 nitrogen and oxygen atoms in total. The molecule has 0 aliphatic carbocycles. The molecule has 0 aliphatic rings. The van der Waals surface area contributed by atoms with Crippen LogP contribution in [-0.4, -0.2) is 25.9 Å². The summed E-state index contributed by atoms with van der Waals surface area (Å²) in [5.74, 6) is 0.614. The number of amides is 1. The fourth-order valence-electron chi connectivity index (χ4n) is 1.78. The topological polar surface area (TPSA) is 75.6 Å². The molecule has 2 rings (SSSR count). The van der Waals surface area contributed by atoms with Crippen LogP contribution in [0.15, 0.2) is 12.3 Å². The minimum Gasteiger partial charge on any atom is -0.311 e. The van der Waals surface area contributed by atoms with Gasteiger partial charge in [0, 0.05) is 24.2 Å². The number of aromatic nitrogens is 4. The molecule has 2 aromatic heterocycles. The third-order valence-electron chi connectivity index (χ3n) is 2.75. The van der Waals surface area contributed by atoms with E-state index in [2.05, 4.69) is 20.6 Å². The predicted molar refractivity (Wildman–Crippen MR) is 68.3 cm³/mol. The maximum Gasteiger partial charge on any atom is 0.227 e. The lowest BCUT2D eigenvalue weighted by molar-refractivity contribution is -0.116. The van der Waals surface area contributed by atoms with Crippen LogP contribution in [0.2, 0.25) is 0 Å². The van der Waals surface area contributed by atoms with Crippen LogP contribution < -0.4 is 5.32 Å². The molecule has 0 unspecified atom stereocenters. The van der Waals surface area contributed by atoms with Gasteiger partial charge in [-0.25, -0.2) is 0 Å². The Morgan fingerprint density at radius 2 is 2.22 bits per heavy atom. The summed E-state index contributed by atoms with van der Waals surface area (Å²) >= 11 is 0. The monoisotopic (exact) mass is 247 g/mol. The van der Waals surface area contributed by atoms with Gasteiger partial charge in [0.15, 0.2) is 0 Å². The number of nitrogens with zero attached hydrogens (tertiary/aromatic N) is 3. The van der Waals surface area contributed by atoms with Gasteiger partial charge < -0.3 is 5.32 Å². The maximum atomic E-state index is 11.8. The van der Waals surface area contributed by atoms with Gasteiger partial charge in [-0.15, -0.1) is 0 Å². The average Bonchev–Trinajstić information content (AvgIpc) is 2.83. The minimum atomic E-state index is -0.0464. The number of aryl methyl sites for hydroxylation is 4. The molecule has 0 bridgehead atoms. The SMILES string of the molecule is Cc1cc(C)n(CCC(=O)Nc2[nH]ncc2C)n1. The van der Waals surface area contributed by atoms with Gasteiger partial charge in [0.1, 0.15) is 5.82 Å². The standard InChI is InChI=1S/C12H17N5O/c1-8-7-13-15-12(8)14-11(18)4-5-17-10(3)6-9(2)16-17/h6-7H,4-5H2,1-3H3,(H2,13,14,15,18). The third kappa shape index (κ3) is 2.77. The normalized spacial score (nSPS) is 10.6. The number of H-pyrrole nitrogens is 1. The first-order chi connectivity index (χ1) is 8.56. The zero-order valence-corrected chi connectivity index (χ0v) is 10.8. The van der Waals surface area contributed by atoms with E-state index < -0.39 is 0 Å². The number of carbonyl (C=O) groups excluding carboxylic acids is 1. The molecule has 0 atom stereocenters. The van der Waals surface area contributed by atoms with Crippen LogP contribution in [0.25, 0.3) is 0 Å². The third-order valence-corrected chi connectivity index (χ3v) is 2.75. The quantitative estimate of drug-likeness (QED) is 0.860. The number of nitrogens with one attached hydrogen (secondary N) is 2. The predicted octanol–water partition coefficient (Wildman–Crippen LogP) is 1.56. The first-order valence-electron chi connectivity index (χ1n) is 5.87. The van der Waals surface area contributed by atoms with E-state index in [1.54, 1.807) is 6.20 Å². The van der Waals surface area contributed by atoms with Crippen molar-refractivity contribution in [2.24, 2.45) is 0 Å². The Hall–Kier alpha value is -2.11. The molecular weight excluding hydrogens is 230 g/mol. The van der Waals surface area contributed by atoms with E-state index in [-0.39, 0.29) is 5.91 Å². The summed E-state index contributed by atoms with van der Waals surface area (Å²) in [6.07, 6.45) is 2.07. The van der Waals surface area contributed by atoms with Gasteiger partial charge in [-0.1, -0.05) is 0 Å². The van der Waals surface area contributed by atoms with Crippen molar-refractivity contribution in [3.63, 3.8) is 0 Å². The Morgan fingerprint density at radius 3 is 2.78 bits per heavy atom. The van der Waals surface area contributed by atoms with Gasteiger partial charge in [0.2, 0.25) is 5.91 Å². The first-order valence-corrected chi connectivity index (χ1v) is 5.87. The van der Waals surface area contributed by atoms with Gasteiger partial charge in [-0.05, 0) is 26.8 Å². The van der Waals surface area contributed by atoms with Crippen LogP contribution in [0.4, 0.5) is 5.82 Å². The van der Waals surface area contributed by atoms with Gasteiger partial charge >= 0.3 is 0 Å². The van der Waals surface area contributed by atoms with Crippen molar-refractivity contribution < 1.29 is 4.79 Å². The van der Waals surface area contributed by atoms with E-state index in [0.717, 1.165) is 17.0 Å². The van der Waals surface area contributed by atoms with Crippen LogP contribution in [-0.2, 0) is 11.3 Å². The highest BCUT2D eigenvalue weighted by molar-refractivity contribution is 5.90. The minimum absolute atomic E-state index is 0.0464. The smallest absolute Gasteiger partial charge is 0.227 e. The molecule has 0 aromatic carbocycles. The summed E-state index contributed by atoms with van der Waals surface area (Å²) in [5.41, 5.74) is 2.96. The summed E-state index contributed by atoms with van der Waals surface area (Å²) in [6.45, 7) is 6.40. The lowest BCUT2D eigenvalue weighted by atomic mass is 10.3. The van der Waals surface area contributed by atoms with Crippen molar-refractivity contribution in [3.05, 3.63) is 29.2 Å². The van der Waals surface area contributed by atoms with E-state index >= 15 is 0 Å². The molecule has 6 heteroatoms. The van der Waals surface area contributed by atoms with Crippen molar-refractivity contribution in [1.29, 1.82) is 0 Å². The summed E-state index contributed by atoms with van der Waals surface area (Å²) < 4.78 is 1.84. The Bertz CT molecular complexity index is 555. The van der Waals surface area contributed by atoms with Crippen molar-refractivity contribution in [1.82, 2.24) is 20.0 Å². The molecule has 96 valence electrons. The van der Waals surface area contributed by atoms with E-state index in [0.29, 0.717) is 18.8 Å². The largest absolute Gasteiger partial charge is 0.311 e. The second kappa shape index (κ2) is 5.03. The summed E-state index contributed by atoms with van der Waals surface area (Å²) in [5, 5.41) is 13.7. The van der Waals surface area contributed by atoms with Gasteiger partial charge in [-0.2, -0.15) is 10.2 Å². The highest BCUT2D eigenvalue weighted by Crippen LogP contribution is 2.09.